The normalized spacial score (nSPS) is 46.6. The van der Waals surface area contributed by atoms with Gasteiger partial charge in [0.2, 0.25) is 0 Å². The van der Waals surface area contributed by atoms with Crippen LogP contribution >= 0.6 is 0 Å². The molecule has 5 aliphatic rings. The number of fused-ring (bicyclic) bond motifs is 3. The molecule has 3 fully saturated rings. The molecule has 0 bridgehead atoms. The predicted molar refractivity (Wildman–Crippen MR) is 121 cm³/mol. The number of carbonyl (C=O) groups excluding carboxylic acids is 2. The maximum atomic E-state index is 13.4. The van der Waals surface area contributed by atoms with Gasteiger partial charge in [0.05, 0.1) is 17.6 Å². The van der Waals surface area contributed by atoms with Crippen LogP contribution in [0.3, 0.4) is 0 Å². The van der Waals surface area contributed by atoms with E-state index in [0.29, 0.717) is 5.92 Å². The first-order valence-electron chi connectivity index (χ1n) is 12.1. The van der Waals surface area contributed by atoms with Crippen LogP contribution in [-0.4, -0.2) is 30.1 Å². The summed E-state index contributed by atoms with van der Waals surface area (Å²) in [6.07, 6.45) is 5.82. The summed E-state index contributed by atoms with van der Waals surface area (Å²) in [6.45, 7) is 8.48. The Bertz CT molecular complexity index is 1050. The number of rotatable bonds is 2. The topological polar surface area (TPSA) is 52.6 Å². The Morgan fingerprint density at radius 3 is 2.56 bits per heavy atom. The van der Waals surface area contributed by atoms with Crippen molar-refractivity contribution < 1.29 is 19.1 Å². The molecule has 9 atom stereocenters. The lowest BCUT2D eigenvalue weighted by Crippen LogP contribution is -2.64. The fourth-order valence-electron chi connectivity index (χ4n) is 8.21. The van der Waals surface area contributed by atoms with Crippen LogP contribution in [-0.2, 0) is 19.1 Å². The van der Waals surface area contributed by atoms with E-state index in [1.807, 2.05) is 6.92 Å². The summed E-state index contributed by atoms with van der Waals surface area (Å²) < 4.78 is 12.9. The van der Waals surface area contributed by atoms with Crippen molar-refractivity contribution in [2.24, 2.45) is 28.6 Å². The largest absolute Gasteiger partial charge is 0.459 e. The fourth-order valence-corrected chi connectivity index (χ4v) is 8.21. The van der Waals surface area contributed by atoms with Crippen LogP contribution in [0.15, 0.2) is 53.6 Å². The summed E-state index contributed by atoms with van der Waals surface area (Å²) in [5, 5.41) is 0. The first-order valence-corrected chi connectivity index (χ1v) is 12.1. The molecule has 0 radical (unpaired) electrons. The third-order valence-corrected chi connectivity index (χ3v) is 9.73. The van der Waals surface area contributed by atoms with Crippen LogP contribution in [0.2, 0.25) is 0 Å². The smallest absolute Gasteiger partial charge is 0.316 e. The van der Waals surface area contributed by atoms with Gasteiger partial charge in [-0.3, -0.25) is 9.59 Å². The molecule has 2 heterocycles. The molecule has 1 aromatic rings. The molecule has 4 heteroatoms. The third kappa shape index (κ3) is 2.37. The molecule has 168 valence electrons. The monoisotopic (exact) mass is 432 g/mol. The summed E-state index contributed by atoms with van der Waals surface area (Å²) in [4.78, 5) is 26.4. The fraction of sp³-hybridized carbons (Fsp3) is 0.571. The number of benzene rings is 1. The van der Waals surface area contributed by atoms with Crippen LogP contribution in [0.1, 0.15) is 58.4 Å². The highest BCUT2D eigenvalue weighted by Crippen LogP contribution is 2.65. The predicted octanol–water partition coefficient (Wildman–Crippen LogP) is 5.00. The van der Waals surface area contributed by atoms with E-state index in [4.69, 9.17) is 9.47 Å². The molecule has 1 aromatic carbocycles. The zero-order chi connectivity index (χ0) is 22.4. The molecule has 0 unspecified atom stereocenters. The van der Waals surface area contributed by atoms with Crippen molar-refractivity contribution in [3.05, 3.63) is 59.2 Å². The van der Waals surface area contributed by atoms with Crippen molar-refractivity contribution in [3.8, 4) is 0 Å². The Balaban J connectivity index is 1.43. The molecular weight excluding hydrogens is 400 g/mol. The third-order valence-electron chi connectivity index (χ3n) is 9.73. The van der Waals surface area contributed by atoms with Gasteiger partial charge in [0.15, 0.2) is 5.78 Å². The minimum atomic E-state index is -0.747. The second kappa shape index (κ2) is 6.66. The number of ketones is 1. The molecule has 6 rings (SSSR count). The molecule has 0 amide bonds. The molecule has 4 nitrogen and oxygen atoms in total. The van der Waals surface area contributed by atoms with Crippen molar-refractivity contribution in [2.75, 3.05) is 0 Å². The highest BCUT2D eigenvalue weighted by molar-refractivity contribution is 6.00. The van der Waals surface area contributed by atoms with E-state index >= 15 is 0 Å². The van der Waals surface area contributed by atoms with Crippen LogP contribution in [0, 0.1) is 28.6 Å². The molecule has 0 spiro atoms. The Hall–Kier alpha value is -2.20. The molecular formula is C28H32O4. The van der Waals surface area contributed by atoms with Gasteiger partial charge in [-0.05, 0) is 55.7 Å². The lowest BCUT2D eigenvalue weighted by Gasteiger charge is -2.58. The van der Waals surface area contributed by atoms with Crippen LogP contribution < -0.4 is 0 Å². The number of ether oxygens (including phenoxy) is 2. The number of allylic oxidation sites excluding steroid dienone is 2. The molecule has 3 aliphatic carbocycles. The molecule has 0 aromatic heterocycles. The van der Waals surface area contributed by atoms with Gasteiger partial charge in [0.25, 0.3) is 0 Å². The van der Waals surface area contributed by atoms with E-state index in [9.17, 15) is 9.59 Å². The van der Waals surface area contributed by atoms with Crippen molar-refractivity contribution in [1.29, 1.82) is 0 Å². The quantitative estimate of drug-likeness (QED) is 0.488. The maximum Gasteiger partial charge on any atom is 0.316 e. The second-order valence-electron chi connectivity index (χ2n) is 11.0. The first-order chi connectivity index (χ1) is 15.3. The van der Waals surface area contributed by atoms with E-state index < -0.39 is 10.8 Å². The van der Waals surface area contributed by atoms with E-state index in [-0.39, 0.29) is 47.8 Å². The Labute approximate surface area is 190 Å². The Kier molecular flexibility index (Phi) is 4.25. The highest BCUT2D eigenvalue weighted by atomic mass is 16.6. The summed E-state index contributed by atoms with van der Waals surface area (Å²) in [7, 11) is 0. The van der Waals surface area contributed by atoms with Gasteiger partial charge < -0.3 is 9.47 Å². The van der Waals surface area contributed by atoms with Crippen molar-refractivity contribution >= 4 is 11.8 Å². The average molecular weight is 433 g/mol. The first kappa shape index (κ1) is 20.4. The van der Waals surface area contributed by atoms with Crippen LogP contribution in [0.25, 0.3) is 0 Å². The van der Waals surface area contributed by atoms with Gasteiger partial charge in [-0.25, -0.2) is 0 Å². The molecule has 32 heavy (non-hydrogen) atoms. The van der Waals surface area contributed by atoms with Crippen molar-refractivity contribution in [1.82, 2.24) is 0 Å². The standard InChI is InChI=1S/C28H32O4/c1-5-20-19-13-18-15(2)17(16-9-7-6-8-10-16)14-21(18)31-23(19)24-25-27(3,26(30)32-24)12-11-22(29)28(20,25)4/h6-12,17,19-21,23-25H,5,13-14H2,1-4H3/t17-,19+,20+,21+,23+,24+,25+,27-,28+/m1/s1. The van der Waals surface area contributed by atoms with Crippen molar-refractivity contribution in [3.63, 3.8) is 0 Å². The van der Waals surface area contributed by atoms with Crippen LogP contribution in [0.5, 0.6) is 0 Å². The maximum absolute atomic E-state index is 13.4. The van der Waals surface area contributed by atoms with E-state index in [0.717, 1.165) is 19.3 Å². The van der Waals surface area contributed by atoms with Gasteiger partial charge in [-0.2, -0.15) is 0 Å². The Morgan fingerprint density at radius 2 is 1.84 bits per heavy atom. The SMILES string of the molecule is CC[C@H]1[C@@H]2CC3=C(C)[C@H](c4ccccc4)C[C@@H]3O[C@@H]2[C@@H]2OC(=O)[C@]3(C)C=CC(=O)[C@@]1(C)[C@@H]23. The van der Waals surface area contributed by atoms with Gasteiger partial charge in [-0.1, -0.05) is 62.2 Å². The number of esters is 1. The van der Waals surface area contributed by atoms with Crippen molar-refractivity contribution in [2.45, 2.75) is 71.2 Å². The van der Waals surface area contributed by atoms with Gasteiger partial charge in [0.1, 0.15) is 6.10 Å². The summed E-state index contributed by atoms with van der Waals surface area (Å²) >= 11 is 0. The van der Waals surface area contributed by atoms with E-state index in [2.05, 4.69) is 51.1 Å². The molecule has 2 aliphatic heterocycles. The molecule has 1 saturated carbocycles. The van der Waals surface area contributed by atoms with E-state index in [1.54, 1.807) is 12.2 Å². The number of hydrogen-bond acceptors (Lipinski definition) is 4. The highest BCUT2D eigenvalue weighted by Gasteiger charge is 2.72. The average Bonchev–Trinajstić information content (AvgIpc) is 3.26. The number of hydrogen-bond donors (Lipinski definition) is 0. The lowest BCUT2D eigenvalue weighted by molar-refractivity contribution is -0.202. The summed E-state index contributed by atoms with van der Waals surface area (Å²) in [5.41, 5.74) is 2.82. The minimum Gasteiger partial charge on any atom is -0.459 e. The molecule has 2 saturated heterocycles. The second-order valence-corrected chi connectivity index (χ2v) is 11.0. The Morgan fingerprint density at radius 1 is 1.09 bits per heavy atom. The lowest BCUT2D eigenvalue weighted by atomic mass is 9.45. The summed E-state index contributed by atoms with van der Waals surface area (Å²) in [5.74, 6) is 0.505. The van der Waals surface area contributed by atoms with Crippen LogP contribution in [0.4, 0.5) is 0 Å². The zero-order valence-corrected chi connectivity index (χ0v) is 19.3. The van der Waals surface area contributed by atoms with E-state index in [1.165, 1.54) is 16.7 Å². The summed E-state index contributed by atoms with van der Waals surface area (Å²) in [6, 6.07) is 10.7. The molecule has 0 N–H and O–H groups in total. The van der Waals surface area contributed by atoms with Gasteiger partial charge >= 0.3 is 5.97 Å². The minimum absolute atomic E-state index is 0.0729. The zero-order valence-electron chi connectivity index (χ0n) is 19.3. The van der Waals surface area contributed by atoms with Gasteiger partial charge in [-0.15, -0.1) is 0 Å². The van der Waals surface area contributed by atoms with Gasteiger partial charge in [0, 0.05) is 17.3 Å². The number of carbonyl (C=O) groups is 2.